The number of carbonyl (C=O) groups excluding carboxylic acids is 2. The van der Waals surface area contributed by atoms with Crippen molar-refractivity contribution in [3.8, 4) is 0 Å². The van der Waals surface area contributed by atoms with E-state index in [1.807, 2.05) is 0 Å². The fourth-order valence-electron chi connectivity index (χ4n) is 1.38. The number of nitrogens with two attached hydrogens (primary N) is 3. The van der Waals surface area contributed by atoms with E-state index in [0.29, 0.717) is 5.82 Å². The van der Waals surface area contributed by atoms with Crippen molar-refractivity contribution in [3.63, 3.8) is 0 Å². The van der Waals surface area contributed by atoms with Gasteiger partial charge >= 0.3 is 0 Å². The minimum absolute atomic E-state index is 0.0922. The summed E-state index contributed by atoms with van der Waals surface area (Å²) in [6, 6.07) is 0. The number of aromatic nitrogens is 2. The Morgan fingerprint density at radius 1 is 1.26 bits per heavy atom. The van der Waals surface area contributed by atoms with Gasteiger partial charge in [0.2, 0.25) is 17.7 Å². The number of hydrogen-bond donors (Lipinski definition) is 3. The van der Waals surface area contributed by atoms with Crippen LogP contribution >= 0.6 is 0 Å². The van der Waals surface area contributed by atoms with E-state index in [9.17, 15) is 9.59 Å². The minimum atomic E-state index is -0.736. The normalized spacial score (nSPS) is 11.8. The molecule has 0 spiro atoms. The Kier molecular flexibility index (Phi) is 4.57. The van der Waals surface area contributed by atoms with Gasteiger partial charge in [0.05, 0.1) is 25.2 Å². The van der Waals surface area contributed by atoms with Gasteiger partial charge in [0, 0.05) is 0 Å². The molecule has 0 unspecified atom stereocenters. The van der Waals surface area contributed by atoms with Crippen LogP contribution in [-0.2, 0) is 21.7 Å². The van der Waals surface area contributed by atoms with Gasteiger partial charge in [0.15, 0.2) is 5.82 Å². The third kappa shape index (κ3) is 5.02. The molecular weight excluding hydrogens is 252 g/mol. The van der Waals surface area contributed by atoms with Crippen LogP contribution in [0.1, 0.15) is 25.6 Å². The van der Waals surface area contributed by atoms with Crippen LogP contribution in [0.15, 0.2) is 4.52 Å². The maximum atomic E-state index is 10.9. The molecule has 0 aliphatic rings. The van der Waals surface area contributed by atoms with Gasteiger partial charge in [0.1, 0.15) is 0 Å². The summed E-state index contributed by atoms with van der Waals surface area (Å²) in [6.07, 6.45) is 0. The number of hydrogen-bond acceptors (Lipinski definition) is 7. The van der Waals surface area contributed by atoms with Crippen molar-refractivity contribution >= 4 is 11.8 Å². The van der Waals surface area contributed by atoms with Crippen molar-refractivity contribution in [3.05, 3.63) is 11.7 Å². The van der Waals surface area contributed by atoms with Crippen molar-refractivity contribution in [1.82, 2.24) is 15.0 Å². The molecule has 6 N–H and O–H groups in total. The minimum Gasteiger partial charge on any atom is -0.369 e. The van der Waals surface area contributed by atoms with E-state index in [0.717, 1.165) is 0 Å². The average Bonchev–Trinajstić information content (AvgIpc) is 2.62. The first-order chi connectivity index (χ1) is 8.68. The zero-order valence-corrected chi connectivity index (χ0v) is 10.9. The third-order valence-corrected chi connectivity index (χ3v) is 2.16. The van der Waals surface area contributed by atoms with Gasteiger partial charge in [-0.15, -0.1) is 0 Å². The second kappa shape index (κ2) is 5.76. The van der Waals surface area contributed by atoms with Gasteiger partial charge in [0.25, 0.3) is 0 Å². The molecule has 0 saturated heterocycles. The average molecular weight is 270 g/mol. The van der Waals surface area contributed by atoms with Gasteiger partial charge in [-0.1, -0.05) is 5.16 Å². The van der Waals surface area contributed by atoms with Crippen LogP contribution in [0.25, 0.3) is 0 Å². The molecule has 0 saturated carbocycles. The lowest BCUT2D eigenvalue weighted by molar-refractivity contribution is -0.122. The summed E-state index contributed by atoms with van der Waals surface area (Å²) in [7, 11) is 0. The lowest BCUT2D eigenvalue weighted by atomic mass is 10.1. The highest BCUT2D eigenvalue weighted by Gasteiger charge is 2.23. The smallest absolute Gasteiger partial charge is 0.240 e. The summed E-state index contributed by atoms with van der Waals surface area (Å²) >= 11 is 0. The molecule has 2 amide bonds. The maximum absolute atomic E-state index is 10.9. The second-order valence-electron chi connectivity index (χ2n) is 4.81. The van der Waals surface area contributed by atoms with Crippen LogP contribution < -0.4 is 17.2 Å². The van der Waals surface area contributed by atoms with Crippen molar-refractivity contribution in [1.29, 1.82) is 0 Å². The van der Waals surface area contributed by atoms with Gasteiger partial charge in [-0.05, 0) is 13.8 Å². The molecule has 0 atom stereocenters. The molecule has 106 valence electrons. The topological polar surface area (TPSA) is 154 Å². The van der Waals surface area contributed by atoms with Crippen LogP contribution in [0, 0.1) is 0 Å². The monoisotopic (exact) mass is 270 g/mol. The van der Waals surface area contributed by atoms with Crippen LogP contribution in [0.4, 0.5) is 0 Å². The van der Waals surface area contributed by atoms with E-state index in [2.05, 4.69) is 10.1 Å². The van der Waals surface area contributed by atoms with Gasteiger partial charge < -0.3 is 21.7 Å². The fourth-order valence-corrected chi connectivity index (χ4v) is 1.38. The molecule has 1 aromatic heterocycles. The van der Waals surface area contributed by atoms with Gasteiger partial charge in [-0.25, -0.2) is 0 Å². The van der Waals surface area contributed by atoms with Crippen molar-refractivity contribution in [2.75, 3.05) is 13.1 Å². The number of primary amides is 2. The Labute approximate surface area is 110 Å². The zero-order chi connectivity index (χ0) is 14.6. The molecule has 1 aromatic rings. The van der Waals surface area contributed by atoms with Crippen molar-refractivity contribution < 1.29 is 14.1 Å². The Morgan fingerprint density at radius 2 is 1.79 bits per heavy atom. The quantitative estimate of drug-likeness (QED) is 0.519. The van der Waals surface area contributed by atoms with E-state index in [-0.39, 0.29) is 25.5 Å². The number of nitrogens with zero attached hydrogens (tertiary/aromatic N) is 3. The molecule has 0 aromatic carbocycles. The highest BCUT2D eigenvalue weighted by atomic mass is 16.5. The van der Waals surface area contributed by atoms with Crippen LogP contribution in [0.5, 0.6) is 0 Å². The predicted molar refractivity (Wildman–Crippen MR) is 65.2 cm³/mol. The summed E-state index contributed by atoms with van der Waals surface area (Å²) in [4.78, 5) is 27.3. The van der Waals surface area contributed by atoms with E-state index in [1.54, 1.807) is 13.8 Å². The summed E-state index contributed by atoms with van der Waals surface area (Å²) < 4.78 is 5.00. The molecule has 0 radical (unpaired) electrons. The first-order valence-corrected chi connectivity index (χ1v) is 5.59. The fraction of sp³-hybridized carbons (Fsp3) is 0.600. The van der Waals surface area contributed by atoms with Crippen LogP contribution in [-0.4, -0.2) is 39.9 Å². The Bertz CT molecular complexity index is 448. The molecule has 1 heterocycles. The molecule has 0 bridgehead atoms. The Morgan fingerprint density at radius 3 is 2.16 bits per heavy atom. The van der Waals surface area contributed by atoms with Gasteiger partial charge in [-0.3, -0.25) is 14.5 Å². The Balaban J connectivity index is 2.75. The molecule has 9 heteroatoms. The summed E-state index contributed by atoms with van der Waals surface area (Å²) in [6.45, 7) is 3.28. The standard InChI is InChI=1S/C10H18N6O3/c1-10(2,13)9-14-8(19-15-9)5-16(3-6(11)17)4-7(12)18/h3-5,13H2,1-2H3,(H2,11,17)(H2,12,18). The molecule has 0 aliphatic heterocycles. The lowest BCUT2D eigenvalue weighted by Gasteiger charge is -2.16. The third-order valence-electron chi connectivity index (χ3n) is 2.16. The van der Waals surface area contributed by atoms with Crippen molar-refractivity contribution in [2.24, 2.45) is 17.2 Å². The predicted octanol–water partition coefficient (Wildman–Crippen LogP) is -1.96. The summed E-state index contributed by atoms with van der Waals surface area (Å²) in [5.41, 5.74) is 15.2. The van der Waals surface area contributed by atoms with E-state index >= 15 is 0 Å². The Hall–Kier alpha value is -2.00. The van der Waals surface area contributed by atoms with Crippen LogP contribution in [0.2, 0.25) is 0 Å². The number of amides is 2. The van der Waals surface area contributed by atoms with Crippen molar-refractivity contribution in [2.45, 2.75) is 25.9 Å². The summed E-state index contributed by atoms with van der Waals surface area (Å²) in [5.74, 6) is -0.600. The maximum Gasteiger partial charge on any atom is 0.240 e. The first-order valence-electron chi connectivity index (χ1n) is 5.59. The molecule has 9 nitrogen and oxygen atoms in total. The number of rotatable bonds is 7. The molecule has 0 fully saturated rings. The zero-order valence-electron chi connectivity index (χ0n) is 10.9. The molecule has 0 aliphatic carbocycles. The second-order valence-corrected chi connectivity index (χ2v) is 4.81. The molecule has 19 heavy (non-hydrogen) atoms. The lowest BCUT2D eigenvalue weighted by Crippen LogP contribution is -2.39. The molecule has 1 rings (SSSR count). The number of carbonyl (C=O) groups is 2. The first kappa shape index (κ1) is 15.1. The SMILES string of the molecule is CC(C)(N)c1noc(CN(CC(N)=O)CC(N)=O)n1. The van der Waals surface area contributed by atoms with E-state index in [1.165, 1.54) is 4.90 Å². The van der Waals surface area contributed by atoms with Crippen LogP contribution in [0.3, 0.4) is 0 Å². The van der Waals surface area contributed by atoms with E-state index < -0.39 is 17.4 Å². The largest absolute Gasteiger partial charge is 0.369 e. The highest BCUT2D eigenvalue weighted by Crippen LogP contribution is 2.13. The molecular formula is C10H18N6O3. The van der Waals surface area contributed by atoms with E-state index in [4.69, 9.17) is 21.7 Å². The van der Waals surface area contributed by atoms with Gasteiger partial charge in [-0.2, -0.15) is 4.98 Å². The highest BCUT2D eigenvalue weighted by molar-refractivity contribution is 5.79. The summed E-state index contributed by atoms with van der Waals surface area (Å²) in [5, 5.41) is 3.73.